The van der Waals surface area contributed by atoms with Crippen LogP contribution in [0.25, 0.3) is 0 Å². The van der Waals surface area contributed by atoms with Crippen LogP contribution in [0.1, 0.15) is 17.7 Å². The molecule has 0 saturated carbocycles. The van der Waals surface area contributed by atoms with Gasteiger partial charge in [-0.2, -0.15) is 0 Å². The first kappa shape index (κ1) is 9.92. The Hall–Kier alpha value is -1.16. The van der Waals surface area contributed by atoms with Crippen molar-refractivity contribution < 1.29 is 9.59 Å². The summed E-state index contributed by atoms with van der Waals surface area (Å²) in [4.78, 5) is 22.1. The largest absolute Gasteiger partial charge is 0.355 e. The molecular weight excluding hydrogens is 186 g/mol. The Labute approximate surface area is 80.8 Å². The highest BCUT2D eigenvalue weighted by Crippen LogP contribution is 2.18. The summed E-state index contributed by atoms with van der Waals surface area (Å²) in [5.41, 5.74) is 0. The van der Waals surface area contributed by atoms with Gasteiger partial charge in [0.25, 0.3) is 0 Å². The molecule has 0 aliphatic rings. The maximum absolute atomic E-state index is 10.6. The Morgan fingerprint density at radius 3 is 3.00 bits per heavy atom. The van der Waals surface area contributed by atoms with Crippen molar-refractivity contribution in [1.29, 1.82) is 0 Å². The summed E-state index contributed by atoms with van der Waals surface area (Å²) >= 11 is 1.49. The summed E-state index contributed by atoms with van der Waals surface area (Å²) in [5, 5.41) is 4.49. The minimum Gasteiger partial charge on any atom is -0.355 e. The monoisotopic (exact) mass is 196 g/mol. The third-order valence-corrected chi connectivity index (χ3v) is 2.57. The zero-order chi connectivity index (χ0) is 9.68. The van der Waals surface area contributed by atoms with E-state index in [1.807, 2.05) is 23.8 Å². The second kappa shape index (κ2) is 4.77. The molecule has 0 aromatic carbocycles. The molecule has 69 valence electrons. The van der Waals surface area contributed by atoms with Gasteiger partial charge >= 0.3 is 0 Å². The average molecular weight is 196 g/mol. The molecule has 1 aromatic heterocycles. The first-order valence-corrected chi connectivity index (χ1v) is 4.77. The van der Waals surface area contributed by atoms with Gasteiger partial charge < -0.3 is 5.32 Å². The van der Waals surface area contributed by atoms with Crippen molar-refractivity contribution >= 4 is 23.5 Å². The van der Waals surface area contributed by atoms with Crippen LogP contribution in [-0.2, 0) is 9.59 Å². The molecule has 1 unspecified atom stereocenters. The topological polar surface area (TPSA) is 46.2 Å². The number of hydrogen-bond donors (Lipinski definition) is 1. The number of thiophene rings is 1. The Bertz CT molecular complexity index is 282. The maximum Gasteiger partial charge on any atom is 0.216 e. The van der Waals surface area contributed by atoms with Crippen LogP contribution in [0.5, 0.6) is 0 Å². The van der Waals surface area contributed by atoms with Crippen LogP contribution in [0.3, 0.4) is 0 Å². The predicted octanol–water partition coefficient (Wildman–Crippen LogP) is 1.08. The van der Waals surface area contributed by atoms with E-state index < -0.39 is 0 Å². The van der Waals surface area contributed by atoms with E-state index in [2.05, 4.69) is 5.32 Å². The van der Waals surface area contributed by atoms with Gasteiger partial charge in [-0.3, -0.25) is 9.59 Å². The molecule has 1 aromatic rings. The van der Waals surface area contributed by atoms with Crippen LogP contribution < -0.4 is 5.32 Å². The minimum absolute atomic E-state index is 0.128. The van der Waals surface area contributed by atoms with Crippen molar-refractivity contribution in [3.05, 3.63) is 22.4 Å². The Balaban J connectivity index is 2.54. The lowest BCUT2D eigenvalue weighted by atomic mass is 10.1. The van der Waals surface area contributed by atoms with Crippen LogP contribution in [0, 0.1) is 0 Å². The van der Waals surface area contributed by atoms with E-state index >= 15 is 0 Å². The van der Waals surface area contributed by atoms with Crippen molar-refractivity contribution in [3.8, 4) is 0 Å². The van der Waals surface area contributed by atoms with Gasteiger partial charge in [0.15, 0.2) is 0 Å². The van der Waals surface area contributed by atoms with E-state index in [-0.39, 0.29) is 11.8 Å². The molecule has 0 aliphatic heterocycles. The second-order valence-electron chi connectivity index (χ2n) is 2.62. The molecule has 1 N–H and O–H groups in total. The molecule has 1 rings (SSSR count). The van der Waals surface area contributed by atoms with Gasteiger partial charge in [0, 0.05) is 18.3 Å². The molecule has 1 radical (unpaired) electrons. The van der Waals surface area contributed by atoms with Gasteiger partial charge in [-0.1, -0.05) is 6.07 Å². The lowest BCUT2D eigenvalue weighted by Gasteiger charge is -2.06. The van der Waals surface area contributed by atoms with Crippen molar-refractivity contribution in [3.63, 3.8) is 0 Å². The Morgan fingerprint density at radius 1 is 1.77 bits per heavy atom. The number of nitrogens with one attached hydrogen (secondary N) is 1. The average Bonchev–Trinajstić information content (AvgIpc) is 2.58. The van der Waals surface area contributed by atoms with Crippen molar-refractivity contribution in [2.24, 2.45) is 0 Å². The molecule has 1 amide bonds. The zero-order valence-electron chi connectivity index (χ0n) is 7.24. The molecular formula is C9H10NO2S. The van der Waals surface area contributed by atoms with Gasteiger partial charge in [-0.15, -0.1) is 11.3 Å². The number of carbonyl (C=O) groups is 1. The van der Waals surface area contributed by atoms with E-state index in [0.29, 0.717) is 6.54 Å². The van der Waals surface area contributed by atoms with Gasteiger partial charge in [-0.05, 0) is 11.4 Å². The lowest BCUT2D eigenvalue weighted by Crippen LogP contribution is -2.26. The van der Waals surface area contributed by atoms with E-state index in [1.165, 1.54) is 18.3 Å². The van der Waals surface area contributed by atoms with Crippen LogP contribution in [-0.4, -0.2) is 18.7 Å². The van der Waals surface area contributed by atoms with Crippen molar-refractivity contribution in [2.45, 2.75) is 12.8 Å². The smallest absolute Gasteiger partial charge is 0.216 e. The van der Waals surface area contributed by atoms with Crippen molar-refractivity contribution in [1.82, 2.24) is 5.32 Å². The second-order valence-corrected chi connectivity index (χ2v) is 3.60. The molecule has 0 spiro atoms. The summed E-state index contributed by atoms with van der Waals surface area (Å²) in [6, 6.07) is 3.74. The summed E-state index contributed by atoms with van der Waals surface area (Å²) in [6.45, 7) is 1.76. The van der Waals surface area contributed by atoms with Crippen LogP contribution in [0.15, 0.2) is 17.5 Å². The van der Waals surface area contributed by atoms with Gasteiger partial charge in [0.2, 0.25) is 12.2 Å². The van der Waals surface area contributed by atoms with E-state index in [0.717, 1.165) is 4.88 Å². The van der Waals surface area contributed by atoms with Gasteiger partial charge in [-0.25, -0.2) is 0 Å². The minimum atomic E-state index is -0.330. The first-order chi connectivity index (χ1) is 6.24. The molecule has 0 fully saturated rings. The standard InChI is InChI=1S/C9H10NO2S/c1-7(12)10-5-8(6-11)9-3-2-4-13-9/h2-4,8H,5H2,1H3,(H,10,12). The molecule has 3 nitrogen and oxygen atoms in total. The normalized spacial score (nSPS) is 12.1. The Morgan fingerprint density at radius 2 is 2.54 bits per heavy atom. The highest BCUT2D eigenvalue weighted by Gasteiger charge is 2.12. The molecule has 13 heavy (non-hydrogen) atoms. The number of carbonyl (C=O) groups excluding carboxylic acids is 2. The highest BCUT2D eigenvalue weighted by molar-refractivity contribution is 7.10. The maximum atomic E-state index is 10.6. The van der Waals surface area contributed by atoms with Crippen LogP contribution in [0.4, 0.5) is 0 Å². The fourth-order valence-corrected chi connectivity index (χ4v) is 1.70. The predicted molar refractivity (Wildman–Crippen MR) is 51.4 cm³/mol. The van der Waals surface area contributed by atoms with E-state index in [4.69, 9.17) is 0 Å². The summed E-state index contributed by atoms with van der Waals surface area (Å²) in [7, 11) is 0. The van der Waals surface area contributed by atoms with Crippen LogP contribution >= 0.6 is 11.3 Å². The first-order valence-electron chi connectivity index (χ1n) is 3.89. The molecule has 0 saturated heterocycles. The third kappa shape index (κ3) is 2.99. The lowest BCUT2D eigenvalue weighted by molar-refractivity contribution is -0.118. The quantitative estimate of drug-likeness (QED) is 0.783. The fourth-order valence-electron chi connectivity index (χ4n) is 0.936. The summed E-state index contributed by atoms with van der Waals surface area (Å²) < 4.78 is 0. The molecule has 0 bridgehead atoms. The molecule has 4 heteroatoms. The van der Waals surface area contributed by atoms with E-state index in [9.17, 15) is 9.59 Å². The number of hydrogen-bond acceptors (Lipinski definition) is 3. The highest BCUT2D eigenvalue weighted by atomic mass is 32.1. The van der Waals surface area contributed by atoms with Gasteiger partial charge in [0.05, 0.1) is 5.92 Å². The summed E-state index contributed by atoms with van der Waals surface area (Å²) in [5.74, 6) is -0.458. The SMILES string of the molecule is CC(=O)NCC([C]=O)c1cccs1. The summed E-state index contributed by atoms with van der Waals surface area (Å²) in [6.07, 6.45) is 1.91. The van der Waals surface area contributed by atoms with Crippen LogP contribution in [0.2, 0.25) is 0 Å². The fraction of sp³-hybridized carbons (Fsp3) is 0.333. The number of amides is 1. The third-order valence-electron chi connectivity index (χ3n) is 1.58. The van der Waals surface area contributed by atoms with Gasteiger partial charge in [0.1, 0.15) is 0 Å². The number of rotatable bonds is 4. The zero-order valence-corrected chi connectivity index (χ0v) is 8.06. The van der Waals surface area contributed by atoms with Crippen molar-refractivity contribution in [2.75, 3.05) is 6.54 Å². The molecule has 1 atom stereocenters. The van der Waals surface area contributed by atoms with E-state index in [1.54, 1.807) is 0 Å². The molecule has 1 heterocycles. The molecule has 0 aliphatic carbocycles. The Kier molecular flexibility index (Phi) is 3.64.